The molecule has 0 radical (unpaired) electrons. The highest BCUT2D eigenvalue weighted by Gasteiger charge is 2.06. The number of methoxy groups -OCH3 is 1. The maximum absolute atomic E-state index is 11.1. The first-order valence-corrected chi connectivity index (χ1v) is 6.28. The Kier molecular flexibility index (Phi) is 4.24. The first kappa shape index (κ1) is 13.9. The lowest BCUT2D eigenvalue weighted by Crippen LogP contribution is -2.07. The van der Waals surface area contributed by atoms with Crippen molar-refractivity contribution in [1.29, 1.82) is 0 Å². The minimum absolute atomic E-state index is 0.127. The molecular weight excluding hydrogens is 256 g/mol. The normalized spacial score (nSPS) is 10.2. The Hall–Kier alpha value is -2.50. The highest BCUT2D eigenvalue weighted by Crippen LogP contribution is 2.28. The van der Waals surface area contributed by atoms with E-state index in [0.29, 0.717) is 18.0 Å². The zero-order chi connectivity index (χ0) is 14.5. The van der Waals surface area contributed by atoms with Gasteiger partial charge < -0.3 is 15.4 Å². The fourth-order valence-corrected chi connectivity index (χ4v) is 1.85. The lowest BCUT2D eigenvalue weighted by molar-refractivity contribution is -0.114. The van der Waals surface area contributed by atoms with E-state index in [2.05, 4.69) is 20.8 Å². The monoisotopic (exact) mass is 274 g/mol. The second-order valence-corrected chi connectivity index (χ2v) is 4.47. The van der Waals surface area contributed by atoms with Crippen LogP contribution in [-0.2, 0) is 11.3 Å². The van der Waals surface area contributed by atoms with Crippen molar-refractivity contribution in [2.24, 2.45) is 0 Å². The van der Waals surface area contributed by atoms with Gasteiger partial charge in [-0.15, -0.1) is 0 Å². The van der Waals surface area contributed by atoms with Gasteiger partial charge in [-0.1, -0.05) is 0 Å². The van der Waals surface area contributed by atoms with Crippen molar-refractivity contribution in [2.45, 2.75) is 20.4 Å². The number of amides is 1. The van der Waals surface area contributed by atoms with E-state index in [1.165, 1.54) is 6.92 Å². The number of benzene rings is 1. The first-order chi connectivity index (χ1) is 9.60. The lowest BCUT2D eigenvalue weighted by atomic mass is 10.2. The van der Waals surface area contributed by atoms with Crippen LogP contribution in [0.15, 0.2) is 24.4 Å². The molecule has 0 fully saturated rings. The number of ether oxygens (including phenoxy) is 1. The molecule has 2 rings (SSSR count). The molecule has 0 saturated heterocycles. The lowest BCUT2D eigenvalue weighted by Gasteiger charge is -2.12. The minimum Gasteiger partial charge on any atom is -0.494 e. The predicted octanol–water partition coefficient (Wildman–Crippen LogP) is 2.30. The van der Waals surface area contributed by atoms with Gasteiger partial charge in [-0.2, -0.15) is 5.10 Å². The number of carbonyl (C=O) groups excluding carboxylic acids is 1. The van der Waals surface area contributed by atoms with Gasteiger partial charge in [0.05, 0.1) is 19.0 Å². The number of hydrogen-bond acceptors (Lipinski definition) is 4. The van der Waals surface area contributed by atoms with Crippen LogP contribution in [0.3, 0.4) is 0 Å². The molecule has 1 aromatic carbocycles. The summed E-state index contributed by atoms with van der Waals surface area (Å²) in [6.45, 7) is 4.11. The molecule has 0 aliphatic carbocycles. The average molecular weight is 274 g/mol. The average Bonchev–Trinajstić information content (AvgIpc) is 2.82. The summed E-state index contributed by atoms with van der Waals surface area (Å²) in [7, 11) is 1.57. The van der Waals surface area contributed by atoms with Crippen molar-refractivity contribution in [3.63, 3.8) is 0 Å². The van der Waals surface area contributed by atoms with E-state index in [4.69, 9.17) is 4.74 Å². The summed E-state index contributed by atoms with van der Waals surface area (Å²) in [5.74, 6) is 0.493. The predicted molar refractivity (Wildman–Crippen MR) is 77.9 cm³/mol. The summed E-state index contributed by atoms with van der Waals surface area (Å²) in [6, 6.07) is 5.55. The maximum atomic E-state index is 11.1. The van der Waals surface area contributed by atoms with Crippen molar-refractivity contribution in [2.75, 3.05) is 17.7 Å². The molecule has 0 bridgehead atoms. The van der Waals surface area contributed by atoms with Gasteiger partial charge in [0.1, 0.15) is 5.75 Å². The van der Waals surface area contributed by atoms with E-state index in [1.807, 2.05) is 25.1 Å². The van der Waals surface area contributed by atoms with Crippen LogP contribution < -0.4 is 15.4 Å². The number of nitrogens with zero attached hydrogens (tertiary/aromatic N) is 1. The third-order valence-electron chi connectivity index (χ3n) is 2.93. The molecule has 1 amide bonds. The van der Waals surface area contributed by atoms with Crippen LogP contribution in [0, 0.1) is 6.92 Å². The molecule has 106 valence electrons. The summed E-state index contributed by atoms with van der Waals surface area (Å²) in [5, 5.41) is 12.9. The second-order valence-electron chi connectivity index (χ2n) is 4.47. The zero-order valence-electron chi connectivity index (χ0n) is 11.8. The molecule has 0 aliphatic heterocycles. The van der Waals surface area contributed by atoms with Gasteiger partial charge in [0.2, 0.25) is 5.91 Å². The van der Waals surface area contributed by atoms with Gasteiger partial charge in [-0.05, 0) is 19.1 Å². The number of anilines is 2. The van der Waals surface area contributed by atoms with Crippen LogP contribution in [0.5, 0.6) is 5.75 Å². The van der Waals surface area contributed by atoms with Gasteiger partial charge in [-0.25, -0.2) is 0 Å². The van der Waals surface area contributed by atoms with Crippen LogP contribution in [0.4, 0.5) is 11.4 Å². The molecule has 1 aromatic heterocycles. The zero-order valence-corrected chi connectivity index (χ0v) is 11.8. The van der Waals surface area contributed by atoms with Gasteiger partial charge in [0.15, 0.2) is 0 Å². The summed E-state index contributed by atoms with van der Waals surface area (Å²) in [6.07, 6.45) is 1.80. The Bertz CT molecular complexity index is 607. The van der Waals surface area contributed by atoms with Crippen molar-refractivity contribution < 1.29 is 9.53 Å². The highest BCUT2D eigenvalue weighted by molar-refractivity contribution is 5.90. The molecule has 2 aromatic rings. The molecule has 3 N–H and O–H groups in total. The Labute approximate surface area is 117 Å². The van der Waals surface area contributed by atoms with E-state index in [0.717, 1.165) is 16.9 Å². The van der Waals surface area contributed by atoms with Gasteiger partial charge in [0, 0.05) is 36.5 Å². The number of nitrogens with one attached hydrogen (secondary N) is 3. The fraction of sp³-hybridized carbons (Fsp3) is 0.286. The SMILES string of the molecule is COc1cc(NCc2cn[nH]c2C)ccc1NC(C)=O. The molecular formula is C14H18N4O2. The van der Waals surface area contributed by atoms with Crippen LogP contribution in [-0.4, -0.2) is 23.2 Å². The van der Waals surface area contributed by atoms with Crippen LogP contribution in [0.1, 0.15) is 18.2 Å². The van der Waals surface area contributed by atoms with E-state index in [9.17, 15) is 4.79 Å². The molecule has 6 heteroatoms. The van der Waals surface area contributed by atoms with E-state index < -0.39 is 0 Å². The number of aryl methyl sites for hydroxylation is 1. The van der Waals surface area contributed by atoms with E-state index in [-0.39, 0.29) is 5.91 Å². The standard InChI is InChI=1S/C14H18N4O2/c1-9-11(8-16-18-9)7-15-12-4-5-13(17-10(2)19)14(6-12)20-3/h4-6,8,15H,7H2,1-3H3,(H,16,18)(H,17,19). The Balaban J connectivity index is 2.09. The third kappa shape index (κ3) is 3.28. The van der Waals surface area contributed by atoms with Crippen molar-refractivity contribution >= 4 is 17.3 Å². The molecule has 0 atom stereocenters. The number of aromatic amines is 1. The summed E-state index contributed by atoms with van der Waals surface area (Å²) in [4.78, 5) is 11.1. The number of hydrogen-bond donors (Lipinski definition) is 3. The van der Waals surface area contributed by atoms with Crippen molar-refractivity contribution in [3.05, 3.63) is 35.7 Å². The van der Waals surface area contributed by atoms with Crippen LogP contribution in [0.25, 0.3) is 0 Å². The second kappa shape index (κ2) is 6.10. The van der Waals surface area contributed by atoms with Crippen molar-refractivity contribution in [3.8, 4) is 5.75 Å². The van der Waals surface area contributed by atoms with Crippen LogP contribution >= 0.6 is 0 Å². The third-order valence-corrected chi connectivity index (χ3v) is 2.93. The summed E-state index contributed by atoms with van der Waals surface area (Å²) < 4.78 is 5.27. The molecule has 0 spiro atoms. The highest BCUT2D eigenvalue weighted by atomic mass is 16.5. The van der Waals surface area contributed by atoms with Gasteiger partial charge in [0.25, 0.3) is 0 Å². The summed E-state index contributed by atoms with van der Waals surface area (Å²) >= 11 is 0. The van der Waals surface area contributed by atoms with E-state index >= 15 is 0 Å². The molecule has 20 heavy (non-hydrogen) atoms. The van der Waals surface area contributed by atoms with Gasteiger partial charge in [-0.3, -0.25) is 9.89 Å². The number of H-pyrrole nitrogens is 1. The number of carbonyl (C=O) groups is 1. The minimum atomic E-state index is -0.127. The van der Waals surface area contributed by atoms with Crippen LogP contribution in [0.2, 0.25) is 0 Å². The molecule has 0 saturated carbocycles. The largest absolute Gasteiger partial charge is 0.494 e. The van der Waals surface area contributed by atoms with Crippen molar-refractivity contribution in [1.82, 2.24) is 10.2 Å². The van der Waals surface area contributed by atoms with E-state index in [1.54, 1.807) is 13.3 Å². The topological polar surface area (TPSA) is 79.0 Å². The smallest absolute Gasteiger partial charge is 0.221 e. The molecule has 1 heterocycles. The maximum Gasteiger partial charge on any atom is 0.221 e. The fourth-order valence-electron chi connectivity index (χ4n) is 1.85. The number of aromatic nitrogens is 2. The first-order valence-electron chi connectivity index (χ1n) is 6.28. The Morgan fingerprint density at radius 3 is 2.85 bits per heavy atom. The molecule has 0 aliphatic rings. The molecule has 6 nitrogen and oxygen atoms in total. The quantitative estimate of drug-likeness (QED) is 0.781. The Morgan fingerprint density at radius 2 is 2.25 bits per heavy atom. The number of rotatable bonds is 5. The Morgan fingerprint density at radius 1 is 1.45 bits per heavy atom. The van der Waals surface area contributed by atoms with Gasteiger partial charge >= 0.3 is 0 Å². The molecule has 0 unspecified atom stereocenters. The summed E-state index contributed by atoms with van der Waals surface area (Å²) in [5.41, 5.74) is 3.72.